The Morgan fingerprint density at radius 2 is 1.71 bits per heavy atom. The van der Waals surface area contributed by atoms with Crippen LogP contribution in [0.3, 0.4) is 0 Å². The van der Waals surface area contributed by atoms with Crippen molar-refractivity contribution in [1.29, 1.82) is 0 Å². The number of rotatable bonds is 7. The first-order valence-electron chi connectivity index (χ1n) is 10.2. The number of ether oxygens (including phenoxy) is 2. The first-order chi connectivity index (χ1) is 16.4. The van der Waals surface area contributed by atoms with Gasteiger partial charge in [-0.1, -0.05) is 53.0 Å². The molecule has 1 heterocycles. The van der Waals surface area contributed by atoms with Gasteiger partial charge in [0.2, 0.25) is 0 Å². The molecule has 0 aliphatic carbocycles. The summed E-state index contributed by atoms with van der Waals surface area (Å²) in [5.74, 6) is 1.26. The molecule has 0 aliphatic rings. The maximum absolute atomic E-state index is 13.2. The number of carbonyl (C=O) groups is 1. The predicted molar refractivity (Wildman–Crippen MR) is 135 cm³/mol. The van der Waals surface area contributed by atoms with E-state index in [1.165, 1.54) is 0 Å². The lowest BCUT2D eigenvalue weighted by molar-refractivity contribution is 0.102. The summed E-state index contributed by atoms with van der Waals surface area (Å²) in [6, 6.07) is 19.4. The first kappa shape index (κ1) is 24.0. The zero-order valence-corrected chi connectivity index (χ0v) is 20.6. The Bertz CT molecular complexity index is 1340. The van der Waals surface area contributed by atoms with Crippen LogP contribution in [0.2, 0.25) is 15.2 Å². The molecule has 0 atom stereocenters. The highest BCUT2D eigenvalue weighted by Crippen LogP contribution is 2.34. The van der Waals surface area contributed by atoms with Gasteiger partial charge in [-0.25, -0.2) is 4.68 Å². The number of methoxy groups -OCH3 is 1. The summed E-state index contributed by atoms with van der Waals surface area (Å²) in [6.07, 6.45) is 0. The van der Waals surface area contributed by atoms with Crippen molar-refractivity contribution in [2.24, 2.45) is 0 Å². The third-order valence-corrected chi connectivity index (χ3v) is 6.04. The third kappa shape index (κ3) is 5.30. The number of nitrogens with zero attached hydrogens (tertiary/aromatic N) is 2. The molecule has 34 heavy (non-hydrogen) atoms. The van der Waals surface area contributed by atoms with E-state index in [1.807, 2.05) is 18.2 Å². The maximum Gasteiger partial charge on any atom is 0.260 e. The van der Waals surface area contributed by atoms with E-state index >= 15 is 0 Å². The Morgan fingerprint density at radius 3 is 2.41 bits per heavy atom. The number of amides is 1. The lowest BCUT2D eigenvalue weighted by Crippen LogP contribution is -2.14. The summed E-state index contributed by atoms with van der Waals surface area (Å²) >= 11 is 19.0. The Morgan fingerprint density at radius 1 is 1.00 bits per heavy atom. The van der Waals surface area contributed by atoms with Crippen LogP contribution in [0.25, 0.3) is 0 Å². The van der Waals surface area contributed by atoms with E-state index in [2.05, 4.69) is 10.4 Å². The van der Waals surface area contributed by atoms with Gasteiger partial charge in [0.15, 0.2) is 5.75 Å². The van der Waals surface area contributed by atoms with Gasteiger partial charge in [-0.15, -0.1) is 0 Å². The van der Waals surface area contributed by atoms with Crippen LogP contribution in [0.5, 0.6) is 17.2 Å². The van der Waals surface area contributed by atoms with Crippen molar-refractivity contribution in [2.45, 2.75) is 13.5 Å². The standard InChI is InChI=1S/C25H20Cl3N3O3/c1-15-23(24(28)31(30-15)14-16-5-3-4-6-20(16)27)25(32)29-21-13-17(26)7-12-22(21)34-19-10-8-18(33-2)9-11-19/h3-13H,14H2,1-2H3,(H,29,32). The smallest absolute Gasteiger partial charge is 0.260 e. The minimum Gasteiger partial charge on any atom is -0.497 e. The summed E-state index contributed by atoms with van der Waals surface area (Å²) in [6.45, 7) is 2.05. The number of carbonyl (C=O) groups excluding carboxylic acids is 1. The molecule has 0 saturated carbocycles. The number of hydrogen-bond acceptors (Lipinski definition) is 4. The van der Waals surface area contributed by atoms with E-state index in [1.54, 1.807) is 67.2 Å². The van der Waals surface area contributed by atoms with Crippen molar-refractivity contribution in [3.63, 3.8) is 0 Å². The fourth-order valence-corrected chi connectivity index (χ4v) is 4.04. The van der Waals surface area contributed by atoms with Gasteiger partial charge in [0, 0.05) is 10.0 Å². The summed E-state index contributed by atoms with van der Waals surface area (Å²) in [7, 11) is 1.59. The molecule has 3 aromatic carbocycles. The second kappa shape index (κ2) is 10.4. The molecule has 174 valence electrons. The van der Waals surface area contributed by atoms with E-state index in [9.17, 15) is 4.79 Å². The van der Waals surface area contributed by atoms with Crippen molar-refractivity contribution in [1.82, 2.24) is 9.78 Å². The topological polar surface area (TPSA) is 65.4 Å². The van der Waals surface area contributed by atoms with Crippen LogP contribution in [0, 0.1) is 6.92 Å². The molecule has 0 bridgehead atoms. The highest BCUT2D eigenvalue weighted by molar-refractivity contribution is 6.34. The third-order valence-electron chi connectivity index (χ3n) is 5.05. The quantitative estimate of drug-likeness (QED) is 0.281. The molecular formula is C25H20Cl3N3O3. The first-order valence-corrected chi connectivity index (χ1v) is 11.4. The van der Waals surface area contributed by atoms with Crippen LogP contribution in [-0.2, 0) is 6.54 Å². The van der Waals surface area contributed by atoms with Gasteiger partial charge in [-0.3, -0.25) is 4.79 Å². The molecule has 0 aliphatic heterocycles. The van der Waals surface area contributed by atoms with Crippen LogP contribution < -0.4 is 14.8 Å². The largest absolute Gasteiger partial charge is 0.497 e. The van der Waals surface area contributed by atoms with Gasteiger partial charge >= 0.3 is 0 Å². The highest BCUT2D eigenvalue weighted by Gasteiger charge is 2.22. The molecule has 0 unspecified atom stereocenters. The van der Waals surface area contributed by atoms with E-state index in [0.717, 1.165) is 5.56 Å². The molecule has 6 nitrogen and oxygen atoms in total. The lowest BCUT2D eigenvalue weighted by Gasteiger charge is -2.13. The van der Waals surface area contributed by atoms with Crippen LogP contribution in [-0.4, -0.2) is 22.8 Å². The Labute approximate surface area is 212 Å². The van der Waals surface area contributed by atoms with Gasteiger partial charge in [-0.05, 0) is 61.0 Å². The minimum atomic E-state index is -0.435. The molecule has 1 N–H and O–H groups in total. The molecule has 0 radical (unpaired) electrons. The van der Waals surface area contributed by atoms with Crippen molar-refractivity contribution < 1.29 is 14.3 Å². The van der Waals surface area contributed by atoms with Crippen LogP contribution in [0.1, 0.15) is 21.6 Å². The van der Waals surface area contributed by atoms with Crippen LogP contribution >= 0.6 is 34.8 Å². The molecule has 0 saturated heterocycles. The summed E-state index contributed by atoms with van der Waals surface area (Å²) in [5, 5.41) is 8.51. The fourth-order valence-electron chi connectivity index (χ4n) is 3.35. The van der Waals surface area contributed by atoms with E-state index in [0.29, 0.717) is 45.2 Å². The summed E-state index contributed by atoms with van der Waals surface area (Å²) < 4.78 is 12.7. The normalized spacial score (nSPS) is 10.7. The summed E-state index contributed by atoms with van der Waals surface area (Å²) in [5.41, 5.74) is 1.96. The zero-order valence-electron chi connectivity index (χ0n) is 18.3. The van der Waals surface area contributed by atoms with Gasteiger partial charge < -0.3 is 14.8 Å². The second-order valence-corrected chi connectivity index (χ2v) is 8.57. The van der Waals surface area contributed by atoms with Gasteiger partial charge in [-0.2, -0.15) is 5.10 Å². The number of hydrogen-bond donors (Lipinski definition) is 1. The molecule has 0 spiro atoms. The van der Waals surface area contributed by atoms with Crippen LogP contribution in [0.4, 0.5) is 5.69 Å². The molecular weight excluding hydrogens is 497 g/mol. The number of halogens is 3. The minimum absolute atomic E-state index is 0.203. The van der Waals surface area contributed by atoms with Crippen LogP contribution in [0.15, 0.2) is 66.7 Å². The zero-order chi connectivity index (χ0) is 24.2. The average molecular weight is 517 g/mol. The second-order valence-electron chi connectivity index (χ2n) is 7.37. The predicted octanol–water partition coefficient (Wildman–Crippen LogP) is 7.25. The maximum atomic E-state index is 13.2. The molecule has 4 rings (SSSR count). The Hall–Kier alpha value is -3.19. The Balaban J connectivity index is 1.58. The van der Waals surface area contributed by atoms with E-state index in [4.69, 9.17) is 44.3 Å². The average Bonchev–Trinajstić information content (AvgIpc) is 3.10. The number of benzene rings is 3. The van der Waals surface area contributed by atoms with E-state index in [-0.39, 0.29) is 10.7 Å². The number of nitrogens with one attached hydrogen (secondary N) is 1. The molecule has 9 heteroatoms. The highest BCUT2D eigenvalue weighted by atomic mass is 35.5. The molecule has 0 fully saturated rings. The SMILES string of the molecule is COc1ccc(Oc2ccc(Cl)cc2NC(=O)c2c(C)nn(Cc3ccccc3Cl)c2Cl)cc1. The lowest BCUT2D eigenvalue weighted by atomic mass is 10.2. The number of aromatic nitrogens is 2. The monoisotopic (exact) mass is 515 g/mol. The van der Waals surface area contributed by atoms with Gasteiger partial charge in [0.25, 0.3) is 5.91 Å². The van der Waals surface area contributed by atoms with Crippen molar-refractivity contribution in [2.75, 3.05) is 12.4 Å². The summed E-state index contributed by atoms with van der Waals surface area (Å²) in [4.78, 5) is 13.2. The van der Waals surface area contributed by atoms with Crippen molar-refractivity contribution >= 4 is 46.4 Å². The van der Waals surface area contributed by atoms with Gasteiger partial charge in [0.1, 0.15) is 16.7 Å². The molecule has 1 aromatic heterocycles. The molecule has 1 amide bonds. The van der Waals surface area contributed by atoms with E-state index < -0.39 is 5.91 Å². The van der Waals surface area contributed by atoms with Crippen molar-refractivity contribution in [3.05, 3.63) is 98.7 Å². The fraction of sp³-hybridized carbons (Fsp3) is 0.120. The van der Waals surface area contributed by atoms with Crippen molar-refractivity contribution in [3.8, 4) is 17.2 Å². The number of aryl methyl sites for hydroxylation is 1. The van der Waals surface area contributed by atoms with Gasteiger partial charge in [0.05, 0.1) is 30.6 Å². The molecule has 4 aromatic rings. The number of anilines is 1. The Kier molecular flexibility index (Phi) is 7.32.